The number of aryl methyl sites for hydroxylation is 2. The van der Waals surface area contributed by atoms with Crippen LogP contribution in [-0.4, -0.2) is 39.9 Å². The van der Waals surface area contributed by atoms with Crippen molar-refractivity contribution in [2.75, 3.05) is 0 Å². The molecule has 23 aromatic carbocycles. The molecular weight excluding hydrogens is 1790 g/mol. The summed E-state index contributed by atoms with van der Waals surface area (Å²) >= 11 is 0. The summed E-state index contributed by atoms with van der Waals surface area (Å²) in [5, 5.41) is 16.1. The van der Waals surface area contributed by atoms with E-state index in [1.807, 2.05) is 97.1 Å². The van der Waals surface area contributed by atoms with Crippen molar-refractivity contribution in [1.29, 1.82) is 0 Å². The van der Waals surface area contributed by atoms with Gasteiger partial charge in [-0.25, -0.2) is 39.9 Å². The average Bonchev–Trinajstić information content (AvgIpc) is 1.40. The van der Waals surface area contributed by atoms with Gasteiger partial charge in [0.25, 0.3) is 0 Å². The van der Waals surface area contributed by atoms with Gasteiger partial charge in [-0.15, -0.1) is 0 Å². The third-order valence-corrected chi connectivity index (χ3v) is 27.9. The molecule has 0 radical (unpaired) electrons. The molecule has 0 amide bonds. The van der Waals surface area contributed by atoms with Crippen molar-refractivity contribution in [3.63, 3.8) is 0 Å². The van der Waals surface area contributed by atoms with E-state index in [1.165, 1.54) is 105 Å². The van der Waals surface area contributed by atoms with Crippen molar-refractivity contribution in [3.05, 3.63) is 533 Å². The van der Waals surface area contributed by atoms with Gasteiger partial charge in [0.2, 0.25) is 0 Å². The number of nitrogens with zero attached hydrogens (tertiary/aromatic N) is 8. The van der Waals surface area contributed by atoms with Crippen molar-refractivity contribution >= 4 is 86.6 Å². The zero-order valence-electron chi connectivity index (χ0n) is 80.6. The van der Waals surface area contributed by atoms with Gasteiger partial charge in [-0.3, -0.25) is 0 Å². The summed E-state index contributed by atoms with van der Waals surface area (Å²) in [6.07, 6.45) is 0. The number of hydrogen-bond donors (Lipinski definition) is 0. The lowest BCUT2D eigenvalue weighted by Gasteiger charge is -2.20. The Morgan fingerprint density at radius 2 is 0.388 bits per heavy atom. The Hall–Kier alpha value is -19.5. The molecule has 4 heterocycles. The van der Waals surface area contributed by atoms with Crippen LogP contribution in [0.4, 0.5) is 0 Å². The van der Waals surface area contributed by atoms with Gasteiger partial charge in [0.05, 0.1) is 11.4 Å². The van der Waals surface area contributed by atoms with Crippen molar-refractivity contribution in [3.8, 4) is 180 Å². The molecule has 4 aromatic heterocycles. The molecule has 9 heteroatoms. The first-order chi connectivity index (χ1) is 72.7. The second-order valence-electron chi connectivity index (χ2n) is 37.1. The van der Waals surface area contributed by atoms with Gasteiger partial charge >= 0.3 is 0 Å². The van der Waals surface area contributed by atoms with Crippen molar-refractivity contribution < 1.29 is 4.42 Å². The van der Waals surface area contributed by atoms with Crippen LogP contribution in [0.3, 0.4) is 0 Å². The minimum Gasteiger partial charge on any atom is -0.456 e. The number of para-hydroxylation sites is 1. The summed E-state index contributed by atoms with van der Waals surface area (Å²) in [7, 11) is 0. The molecule has 147 heavy (non-hydrogen) atoms. The van der Waals surface area contributed by atoms with Gasteiger partial charge in [0.15, 0.2) is 40.8 Å². The van der Waals surface area contributed by atoms with Crippen LogP contribution in [0.5, 0.6) is 0 Å². The number of rotatable bonds is 16. The molecule has 0 spiro atoms. The fourth-order valence-corrected chi connectivity index (χ4v) is 21.1. The van der Waals surface area contributed by atoms with E-state index < -0.39 is 0 Å². The molecule has 0 N–H and O–H groups in total. The average molecular weight is 1880 g/mol. The Labute approximate surface area is 851 Å². The first kappa shape index (κ1) is 88.9. The first-order valence-electron chi connectivity index (χ1n) is 49.8. The standard InChI is InChI=1S/C48H33N3.C47H29N3O.C43H30N2/c1-32-24-26-33(27-25-32)34-28-30-36(31-29-34)44-41-22-13-23-42(45(41)40-21-12-11-20-39(40)43(44)35-14-5-2-6-15-35)48-50-46(37-16-7-3-8-17-37)49-47(51-48)38-18-9-4-10-19-38;1-4-15-30(16-5-1)42-36-22-10-11-23-37(36)44-38(43(42)31-17-6-2-7-18-31)24-14-25-39(44)47-49-45(32-19-8-3-9-20-32)48-46(50-47)33-27-28-35-34-21-12-13-26-40(34)51-41(35)29-33;1-29-15-13-22-33(27-29)39-28-38(30-16-5-2-6-17-30)44-43(45-39)37-26-14-25-36-41(32-20-9-4-10-21-32)40(31-18-7-3-8-19-31)34-23-11-12-24-35(34)42(36)37/h2-31H,1H3;1-29H;2-28H,1H3. The predicted octanol–water partition coefficient (Wildman–Crippen LogP) is 36.3. The van der Waals surface area contributed by atoms with E-state index in [-0.39, 0.29) is 0 Å². The first-order valence-corrected chi connectivity index (χ1v) is 49.8. The topological polar surface area (TPSA) is 116 Å². The Balaban J connectivity index is 0.000000115. The largest absolute Gasteiger partial charge is 0.456 e. The minimum absolute atomic E-state index is 0.590. The van der Waals surface area contributed by atoms with Crippen LogP contribution in [-0.2, 0) is 0 Å². The molecular formula is C138H92N8O. The summed E-state index contributed by atoms with van der Waals surface area (Å²) in [5.74, 6) is 4.48. The molecule has 0 saturated carbocycles. The fraction of sp³-hybridized carbons (Fsp3) is 0.0145. The Morgan fingerprint density at radius 3 is 0.762 bits per heavy atom. The van der Waals surface area contributed by atoms with E-state index in [2.05, 4.69) is 438 Å². The van der Waals surface area contributed by atoms with Crippen LogP contribution in [0.2, 0.25) is 0 Å². The molecule has 9 nitrogen and oxygen atoms in total. The zero-order chi connectivity index (χ0) is 98.0. The van der Waals surface area contributed by atoms with Crippen LogP contribution in [0, 0.1) is 13.8 Å². The smallest absolute Gasteiger partial charge is 0.164 e. The van der Waals surface area contributed by atoms with Crippen LogP contribution in [0.25, 0.3) is 267 Å². The highest BCUT2D eigenvalue weighted by Gasteiger charge is 2.28. The van der Waals surface area contributed by atoms with E-state index >= 15 is 0 Å². The lowest BCUT2D eigenvalue weighted by molar-refractivity contribution is 0.669. The molecule has 0 atom stereocenters. The van der Waals surface area contributed by atoms with Gasteiger partial charge in [-0.1, -0.05) is 503 Å². The van der Waals surface area contributed by atoms with Crippen LogP contribution in [0.1, 0.15) is 11.1 Å². The highest BCUT2D eigenvalue weighted by Crippen LogP contribution is 2.53. The van der Waals surface area contributed by atoms with Crippen LogP contribution < -0.4 is 0 Å². The third kappa shape index (κ3) is 17.2. The van der Waals surface area contributed by atoms with E-state index in [4.69, 9.17) is 44.3 Å². The fourth-order valence-electron chi connectivity index (χ4n) is 21.1. The molecule has 0 aliphatic rings. The van der Waals surface area contributed by atoms with E-state index in [9.17, 15) is 0 Å². The van der Waals surface area contributed by atoms with E-state index in [0.29, 0.717) is 34.9 Å². The zero-order valence-corrected chi connectivity index (χ0v) is 80.6. The molecule has 0 fully saturated rings. The van der Waals surface area contributed by atoms with Gasteiger partial charge in [-0.2, -0.15) is 0 Å². The van der Waals surface area contributed by atoms with Crippen molar-refractivity contribution in [2.24, 2.45) is 0 Å². The molecule has 0 bridgehead atoms. The summed E-state index contributed by atoms with van der Waals surface area (Å²) in [5.41, 5.74) is 31.4. The van der Waals surface area contributed by atoms with Crippen molar-refractivity contribution in [2.45, 2.75) is 13.8 Å². The normalized spacial score (nSPS) is 11.3. The molecule has 27 rings (SSSR count). The second kappa shape index (κ2) is 39.2. The Bertz CT molecular complexity index is 9560. The number of furan rings is 1. The monoisotopic (exact) mass is 1880 g/mol. The highest BCUT2D eigenvalue weighted by molar-refractivity contribution is 6.28. The van der Waals surface area contributed by atoms with Gasteiger partial charge in [0, 0.05) is 77.0 Å². The van der Waals surface area contributed by atoms with Gasteiger partial charge < -0.3 is 4.42 Å². The maximum Gasteiger partial charge on any atom is 0.164 e. The molecule has 0 saturated heterocycles. The van der Waals surface area contributed by atoms with Gasteiger partial charge in [0.1, 0.15) is 11.2 Å². The van der Waals surface area contributed by atoms with Crippen LogP contribution >= 0.6 is 0 Å². The molecule has 0 unspecified atom stereocenters. The highest BCUT2D eigenvalue weighted by atomic mass is 16.3. The maximum atomic E-state index is 6.28. The molecule has 0 aliphatic carbocycles. The number of fused-ring (bicyclic) bond motifs is 12. The number of aromatic nitrogens is 8. The second-order valence-corrected chi connectivity index (χ2v) is 37.1. The predicted molar refractivity (Wildman–Crippen MR) is 610 cm³/mol. The summed E-state index contributed by atoms with van der Waals surface area (Å²) in [4.78, 5) is 41.3. The molecule has 0 aliphatic heterocycles. The molecule has 27 aromatic rings. The lowest BCUT2D eigenvalue weighted by Crippen LogP contribution is -2.01. The molecule has 690 valence electrons. The van der Waals surface area contributed by atoms with Crippen molar-refractivity contribution in [1.82, 2.24) is 39.9 Å². The quantitative estimate of drug-likeness (QED) is 0.0872. The SMILES string of the molecule is Cc1ccc(-c2ccc(-c3c(-c4ccccc4)c4ccccc4c4c(-c5nc(-c6ccccc6)nc(-c6ccccc6)n5)cccc34)cc2)cc1.Cc1cccc(-c2cc(-c3ccccc3)nc(-c3cccc4c(-c5ccccc5)c(-c5ccccc5)c5ccccc5c34)n2)c1.c1ccc(-c2nc(-c3ccc4c(c3)oc3ccccc34)nc(-c3cccc4c(-c5ccccc5)c(-c5ccccc5)c5ccccc5c34)n2)cc1. The van der Waals surface area contributed by atoms with Crippen LogP contribution in [0.15, 0.2) is 526 Å². The summed E-state index contributed by atoms with van der Waals surface area (Å²) < 4.78 is 6.28. The lowest BCUT2D eigenvalue weighted by atomic mass is 9.83. The number of hydrogen-bond acceptors (Lipinski definition) is 9. The van der Waals surface area contributed by atoms with E-state index in [1.54, 1.807) is 0 Å². The summed E-state index contributed by atoms with van der Waals surface area (Å²) in [6.45, 7) is 4.25. The third-order valence-electron chi connectivity index (χ3n) is 27.9. The summed E-state index contributed by atoms with van der Waals surface area (Å²) in [6, 6.07) is 183. The van der Waals surface area contributed by atoms with Gasteiger partial charge in [-0.05, 0) is 171 Å². The Kier molecular flexibility index (Phi) is 23.7. The number of benzene rings is 23. The minimum atomic E-state index is 0.590. The Morgan fingerprint density at radius 1 is 0.136 bits per heavy atom. The maximum absolute atomic E-state index is 6.28. The van der Waals surface area contributed by atoms with E-state index in [0.717, 1.165) is 138 Å².